The molecule has 0 saturated carbocycles. The van der Waals surface area contributed by atoms with Crippen molar-refractivity contribution in [2.45, 2.75) is 32.7 Å². The van der Waals surface area contributed by atoms with Gasteiger partial charge in [0.1, 0.15) is 5.82 Å². The van der Waals surface area contributed by atoms with Crippen molar-refractivity contribution in [1.29, 1.82) is 0 Å². The lowest BCUT2D eigenvalue weighted by atomic mass is 9.95. The monoisotopic (exact) mass is 349 g/mol. The second-order valence-corrected chi connectivity index (χ2v) is 5.98. The SMILES string of the molecule is CCCc1cccc(C(NCC)c2c(F)cccc2Br)c1. The summed E-state index contributed by atoms with van der Waals surface area (Å²) < 4.78 is 15.1. The Morgan fingerprint density at radius 1 is 1.14 bits per heavy atom. The molecule has 0 aromatic heterocycles. The van der Waals surface area contributed by atoms with Gasteiger partial charge in [0.2, 0.25) is 0 Å². The summed E-state index contributed by atoms with van der Waals surface area (Å²) in [6, 6.07) is 13.4. The van der Waals surface area contributed by atoms with Gasteiger partial charge in [-0.2, -0.15) is 0 Å². The van der Waals surface area contributed by atoms with E-state index in [2.05, 4.69) is 52.4 Å². The lowest BCUT2D eigenvalue weighted by molar-refractivity contribution is 0.556. The van der Waals surface area contributed by atoms with Crippen LogP contribution in [0.1, 0.15) is 43.0 Å². The van der Waals surface area contributed by atoms with Crippen molar-refractivity contribution in [3.63, 3.8) is 0 Å². The first-order chi connectivity index (χ1) is 10.2. The number of hydrogen-bond donors (Lipinski definition) is 1. The maximum absolute atomic E-state index is 14.3. The van der Waals surface area contributed by atoms with Gasteiger partial charge in [-0.25, -0.2) is 4.39 Å². The molecule has 1 nitrogen and oxygen atoms in total. The highest BCUT2D eigenvalue weighted by Crippen LogP contribution is 2.31. The van der Waals surface area contributed by atoms with Crippen molar-refractivity contribution >= 4 is 15.9 Å². The highest BCUT2D eigenvalue weighted by molar-refractivity contribution is 9.10. The maximum atomic E-state index is 14.3. The van der Waals surface area contributed by atoms with Crippen LogP contribution in [-0.2, 0) is 6.42 Å². The van der Waals surface area contributed by atoms with Gasteiger partial charge in [-0.15, -0.1) is 0 Å². The van der Waals surface area contributed by atoms with Crippen LogP contribution in [0, 0.1) is 5.82 Å². The Bertz CT molecular complexity index is 577. The molecule has 0 aliphatic heterocycles. The van der Waals surface area contributed by atoms with E-state index < -0.39 is 0 Å². The molecule has 1 N–H and O–H groups in total. The topological polar surface area (TPSA) is 12.0 Å². The van der Waals surface area contributed by atoms with Gasteiger partial charge < -0.3 is 5.32 Å². The molecule has 0 aliphatic carbocycles. The Kier molecular flexibility index (Phi) is 5.95. The zero-order valence-corrected chi connectivity index (χ0v) is 14.1. The molecule has 0 saturated heterocycles. The molecule has 2 aromatic carbocycles. The Labute approximate surface area is 134 Å². The summed E-state index contributed by atoms with van der Waals surface area (Å²) in [5, 5.41) is 3.40. The number of rotatable bonds is 6. The van der Waals surface area contributed by atoms with Crippen molar-refractivity contribution in [2.75, 3.05) is 6.54 Å². The first kappa shape index (κ1) is 16.2. The molecule has 1 unspecified atom stereocenters. The van der Waals surface area contributed by atoms with Crippen LogP contribution in [0.4, 0.5) is 4.39 Å². The molecule has 2 rings (SSSR count). The first-order valence-corrected chi connectivity index (χ1v) is 8.22. The van der Waals surface area contributed by atoms with E-state index in [0.29, 0.717) is 5.56 Å². The van der Waals surface area contributed by atoms with Gasteiger partial charge in [0.25, 0.3) is 0 Å². The van der Waals surface area contributed by atoms with Crippen molar-refractivity contribution in [3.8, 4) is 0 Å². The van der Waals surface area contributed by atoms with E-state index in [0.717, 1.165) is 29.4 Å². The van der Waals surface area contributed by atoms with E-state index in [9.17, 15) is 4.39 Å². The summed E-state index contributed by atoms with van der Waals surface area (Å²) in [6.07, 6.45) is 2.16. The van der Waals surface area contributed by atoms with Crippen LogP contribution in [0.5, 0.6) is 0 Å². The highest BCUT2D eigenvalue weighted by atomic mass is 79.9. The van der Waals surface area contributed by atoms with E-state index in [1.54, 1.807) is 6.07 Å². The lowest BCUT2D eigenvalue weighted by Gasteiger charge is -2.21. The van der Waals surface area contributed by atoms with Gasteiger partial charge in [-0.1, -0.05) is 66.5 Å². The Morgan fingerprint density at radius 3 is 2.57 bits per heavy atom. The van der Waals surface area contributed by atoms with Gasteiger partial charge in [0.15, 0.2) is 0 Å². The fourth-order valence-corrected chi connectivity index (χ4v) is 3.16. The van der Waals surface area contributed by atoms with E-state index in [1.165, 1.54) is 11.6 Å². The highest BCUT2D eigenvalue weighted by Gasteiger charge is 2.20. The molecule has 0 radical (unpaired) electrons. The molecular formula is C18H21BrFN. The Balaban J connectivity index is 2.46. The first-order valence-electron chi connectivity index (χ1n) is 7.43. The molecule has 112 valence electrons. The number of halogens is 2. The van der Waals surface area contributed by atoms with E-state index in [-0.39, 0.29) is 11.9 Å². The molecule has 0 spiro atoms. The van der Waals surface area contributed by atoms with Gasteiger partial charge in [-0.05, 0) is 36.2 Å². The van der Waals surface area contributed by atoms with Crippen LogP contribution in [0.3, 0.4) is 0 Å². The molecule has 3 heteroatoms. The molecule has 21 heavy (non-hydrogen) atoms. The minimum absolute atomic E-state index is 0.137. The number of aryl methyl sites for hydroxylation is 1. The van der Waals surface area contributed by atoms with Crippen molar-refractivity contribution in [2.24, 2.45) is 0 Å². The number of benzene rings is 2. The summed E-state index contributed by atoms with van der Waals surface area (Å²) in [4.78, 5) is 0. The zero-order chi connectivity index (χ0) is 15.2. The van der Waals surface area contributed by atoms with Crippen LogP contribution in [0.25, 0.3) is 0 Å². The fraction of sp³-hybridized carbons (Fsp3) is 0.333. The molecule has 1 atom stereocenters. The zero-order valence-electron chi connectivity index (χ0n) is 12.5. The summed E-state index contributed by atoms with van der Waals surface area (Å²) in [5.41, 5.74) is 3.08. The quantitative estimate of drug-likeness (QED) is 0.751. The van der Waals surface area contributed by atoms with E-state index in [4.69, 9.17) is 0 Å². The molecule has 0 bridgehead atoms. The summed E-state index contributed by atoms with van der Waals surface area (Å²) >= 11 is 3.48. The van der Waals surface area contributed by atoms with Gasteiger partial charge in [0.05, 0.1) is 6.04 Å². The van der Waals surface area contributed by atoms with Crippen molar-refractivity contribution in [3.05, 3.63) is 69.4 Å². The Morgan fingerprint density at radius 2 is 1.90 bits per heavy atom. The third-order valence-corrected chi connectivity index (χ3v) is 4.21. The maximum Gasteiger partial charge on any atom is 0.129 e. The molecule has 0 heterocycles. The minimum atomic E-state index is -0.184. The standard InChI is InChI=1S/C18H21BrFN/c1-3-7-13-8-5-9-14(12-13)18(21-4-2)17-15(19)10-6-11-16(17)20/h5-6,8-12,18,21H,3-4,7H2,1-2H3. The lowest BCUT2D eigenvalue weighted by Crippen LogP contribution is -2.23. The number of nitrogens with one attached hydrogen (secondary N) is 1. The second-order valence-electron chi connectivity index (χ2n) is 5.12. The molecule has 0 amide bonds. The fourth-order valence-electron chi connectivity index (χ4n) is 2.59. The Hall–Kier alpha value is -1.19. The van der Waals surface area contributed by atoms with E-state index in [1.807, 2.05) is 13.0 Å². The van der Waals surface area contributed by atoms with Gasteiger partial charge in [-0.3, -0.25) is 0 Å². The third-order valence-electron chi connectivity index (χ3n) is 3.52. The smallest absolute Gasteiger partial charge is 0.129 e. The van der Waals surface area contributed by atoms with Gasteiger partial charge >= 0.3 is 0 Å². The largest absolute Gasteiger partial charge is 0.306 e. The molecule has 0 aliphatic rings. The predicted octanol–water partition coefficient (Wildman–Crippen LogP) is 5.24. The molecule has 0 fully saturated rings. The van der Waals surface area contributed by atoms with Crippen LogP contribution in [-0.4, -0.2) is 6.54 Å². The van der Waals surface area contributed by atoms with Crippen molar-refractivity contribution in [1.82, 2.24) is 5.32 Å². The molecule has 2 aromatic rings. The second kappa shape index (κ2) is 7.71. The average molecular weight is 350 g/mol. The number of hydrogen-bond acceptors (Lipinski definition) is 1. The minimum Gasteiger partial charge on any atom is -0.306 e. The average Bonchev–Trinajstić information content (AvgIpc) is 2.47. The summed E-state index contributed by atoms with van der Waals surface area (Å²) in [5.74, 6) is -0.184. The summed E-state index contributed by atoms with van der Waals surface area (Å²) in [6.45, 7) is 4.99. The van der Waals surface area contributed by atoms with Crippen LogP contribution < -0.4 is 5.32 Å². The summed E-state index contributed by atoms with van der Waals surface area (Å²) in [7, 11) is 0. The predicted molar refractivity (Wildman–Crippen MR) is 90.1 cm³/mol. The molecular weight excluding hydrogens is 329 g/mol. The van der Waals surface area contributed by atoms with Crippen LogP contribution in [0.2, 0.25) is 0 Å². The third kappa shape index (κ3) is 3.92. The van der Waals surface area contributed by atoms with Crippen molar-refractivity contribution < 1.29 is 4.39 Å². The normalized spacial score (nSPS) is 12.4. The van der Waals surface area contributed by atoms with Crippen LogP contribution >= 0.6 is 15.9 Å². The van der Waals surface area contributed by atoms with Crippen LogP contribution in [0.15, 0.2) is 46.9 Å². The van der Waals surface area contributed by atoms with Gasteiger partial charge in [0, 0.05) is 10.0 Å². The van der Waals surface area contributed by atoms with E-state index >= 15 is 0 Å².